The molecule has 0 unspecified atom stereocenters. The zero-order valence-electron chi connectivity index (χ0n) is 18.3. The zero-order chi connectivity index (χ0) is 22.2. The highest BCUT2D eigenvalue weighted by Crippen LogP contribution is 2.33. The Balaban J connectivity index is 1.49. The van der Waals surface area contributed by atoms with Crippen molar-refractivity contribution in [2.75, 3.05) is 13.2 Å². The van der Waals surface area contributed by atoms with Crippen LogP contribution in [0.5, 0.6) is 11.5 Å². The molecule has 1 aliphatic heterocycles. The van der Waals surface area contributed by atoms with Crippen LogP contribution in [0.1, 0.15) is 40.3 Å². The third-order valence-corrected chi connectivity index (χ3v) is 5.60. The number of aromatic nitrogens is 3. The van der Waals surface area contributed by atoms with Gasteiger partial charge < -0.3 is 14.8 Å². The maximum Gasteiger partial charge on any atom is 0.252 e. The van der Waals surface area contributed by atoms with E-state index in [9.17, 15) is 4.79 Å². The van der Waals surface area contributed by atoms with E-state index in [1.165, 1.54) is 0 Å². The summed E-state index contributed by atoms with van der Waals surface area (Å²) in [5.74, 6) is 1.27. The molecule has 162 valence electrons. The summed E-state index contributed by atoms with van der Waals surface area (Å²) < 4.78 is 13.1. The smallest absolute Gasteiger partial charge is 0.252 e. The predicted octanol–water partition coefficient (Wildman–Crippen LogP) is 4.30. The number of nitrogens with one attached hydrogen (secondary N) is 1. The van der Waals surface area contributed by atoms with Crippen molar-refractivity contribution >= 4 is 16.9 Å². The maximum atomic E-state index is 13.3. The number of ether oxygens (including phenoxy) is 2. The average molecular weight is 428 g/mol. The summed E-state index contributed by atoms with van der Waals surface area (Å²) in [5.41, 5.74) is 4.60. The molecule has 4 aromatic rings. The summed E-state index contributed by atoms with van der Waals surface area (Å²) in [7, 11) is 0. The summed E-state index contributed by atoms with van der Waals surface area (Å²) in [6, 6.07) is 17.2. The molecule has 0 fully saturated rings. The number of benzene rings is 2. The van der Waals surface area contributed by atoms with Gasteiger partial charge >= 0.3 is 0 Å². The predicted molar refractivity (Wildman–Crippen MR) is 122 cm³/mol. The number of hydrogen-bond acceptors (Lipinski definition) is 5. The Bertz CT molecular complexity index is 1310. The first kappa shape index (κ1) is 20.1. The Morgan fingerprint density at radius 1 is 1.03 bits per heavy atom. The molecule has 0 spiro atoms. The van der Waals surface area contributed by atoms with E-state index >= 15 is 0 Å². The molecule has 5 rings (SSSR count). The van der Waals surface area contributed by atoms with Crippen LogP contribution in [0, 0.1) is 13.8 Å². The monoisotopic (exact) mass is 428 g/mol. The van der Waals surface area contributed by atoms with Crippen molar-refractivity contribution < 1.29 is 14.3 Å². The van der Waals surface area contributed by atoms with E-state index in [1.54, 1.807) is 4.68 Å². The standard InChI is InChI=1S/C25H24N4O3/c1-15-13-20(23-17(3)28-29(24(23)26-15)19-7-5-4-6-8-19)25(30)27-16(2)18-9-10-21-22(14-18)32-12-11-31-21/h4-10,13-14,16H,11-12H2,1-3H3,(H,27,30)/t16-/m0/s1. The highest BCUT2D eigenvalue weighted by atomic mass is 16.6. The normalized spacial score (nSPS) is 13.7. The Morgan fingerprint density at radius 3 is 2.56 bits per heavy atom. The average Bonchev–Trinajstić information content (AvgIpc) is 3.14. The Kier molecular flexibility index (Phi) is 5.01. The molecule has 0 radical (unpaired) electrons. The summed E-state index contributed by atoms with van der Waals surface area (Å²) in [6.45, 7) is 6.81. The number of hydrogen-bond donors (Lipinski definition) is 1. The van der Waals surface area contributed by atoms with Crippen LogP contribution in [0.25, 0.3) is 16.7 Å². The molecule has 1 atom stereocenters. The molecular weight excluding hydrogens is 404 g/mol. The number of rotatable bonds is 4. The second kappa shape index (κ2) is 8.00. The molecule has 7 heteroatoms. The van der Waals surface area contributed by atoms with Crippen LogP contribution >= 0.6 is 0 Å². The Hall–Kier alpha value is -3.87. The summed E-state index contributed by atoms with van der Waals surface area (Å²) in [6.07, 6.45) is 0. The van der Waals surface area contributed by atoms with Crippen molar-refractivity contribution in [1.29, 1.82) is 0 Å². The van der Waals surface area contributed by atoms with Crippen LogP contribution in [0.4, 0.5) is 0 Å². The molecular formula is C25H24N4O3. The van der Waals surface area contributed by atoms with Gasteiger partial charge in [0.25, 0.3) is 5.91 Å². The maximum absolute atomic E-state index is 13.3. The molecule has 0 aliphatic carbocycles. The van der Waals surface area contributed by atoms with E-state index in [-0.39, 0.29) is 11.9 Å². The lowest BCUT2D eigenvalue weighted by molar-refractivity contribution is 0.0941. The van der Waals surface area contributed by atoms with Crippen molar-refractivity contribution in [2.45, 2.75) is 26.8 Å². The number of fused-ring (bicyclic) bond motifs is 2. The van der Waals surface area contributed by atoms with E-state index in [2.05, 4.69) is 10.4 Å². The third-order valence-electron chi connectivity index (χ3n) is 5.60. The quantitative estimate of drug-likeness (QED) is 0.524. The minimum atomic E-state index is -0.216. The molecule has 0 saturated carbocycles. The van der Waals surface area contributed by atoms with Gasteiger partial charge in [0.15, 0.2) is 17.1 Å². The summed E-state index contributed by atoms with van der Waals surface area (Å²) >= 11 is 0. The largest absolute Gasteiger partial charge is 0.486 e. The van der Waals surface area contributed by atoms with Gasteiger partial charge in [-0.1, -0.05) is 24.3 Å². The summed E-state index contributed by atoms with van der Waals surface area (Å²) in [4.78, 5) is 18.0. The lowest BCUT2D eigenvalue weighted by Crippen LogP contribution is -2.27. The Labute approximate surface area is 186 Å². The fraction of sp³-hybridized carbons (Fsp3) is 0.240. The number of carbonyl (C=O) groups excluding carboxylic acids is 1. The first-order chi connectivity index (χ1) is 15.5. The highest BCUT2D eigenvalue weighted by molar-refractivity contribution is 6.07. The molecule has 7 nitrogen and oxygen atoms in total. The van der Waals surface area contributed by atoms with E-state index in [0.717, 1.165) is 33.8 Å². The van der Waals surface area contributed by atoms with Gasteiger partial charge in [0, 0.05) is 5.69 Å². The number of aryl methyl sites for hydroxylation is 2. The molecule has 1 aliphatic rings. The molecule has 3 heterocycles. The first-order valence-electron chi connectivity index (χ1n) is 10.6. The molecule has 2 aromatic carbocycles. The molecule has 1 amide bonds. The number of para-hydroxylation sites is 1. The van der Waals surface area contributed by atoms with Crippen molar-refractivity contribution in [2.24, 2.45) is 0 Å². The number of amides is 1. The van der Waals surface area contributed by atoms with E-state index in [4.69, 9.17) is 14.5 Å². The van der Waals surface area contributed by atoms with Crippen LogP contribution < -0.4 is 14.8 Å². The molecule has 2 aromatic heterocycles. The number of carbonyl (C=O) groups is 1. The fourth-order valence-corrected chi connectivity index (χ4v) is 4.03. The van der Waals surface area contributed by atoms with Crippen molar-refractivity contribution in [1.82, 2.24) is 20.1 Å². The molecule has 1 N–H and O–H groups in total. The topological polar surface area (TPSA) is 78.3 Å². The Morgan fingerprint density at radius 2 is 1.78 bits per heavy atom. The van der Waals surface area contributed by atoms with Gasteiger partial charge in [0.2, 0.25) is 0 Å². The van der Waals surface area contributed by atoms with Gasteiger partial charge in [-0.15, -0.1) is 0 Å². The van der Waals surface area contributed by atoms with Crippen molar-refractivity contribution in [3.63, 3.8) is 0 Å². The first-order valence-corrected chi connectivity index (χ1v) is 10.6. The van der Waals surface area contributed by atoms with Gasteiger partial charge in [-0.05, 0) is 56.7 Å². The minimum absolute atomic E-state index is 0.168. The van der Waals surface area contributed by atoms with Gasteiger partial charge in [0.05, 0.1) is 28.4 Å². The van der Waals surface area contributed by atoms with Gasteiger partial charge in [-0.2, -0.15) is 5.10 Å². The van der Waals surface area contributed by atoms with Crippen molar-refractivity contribution in [3.8, 4) is 17.2 Å². The number of nitrogens with zero attached hydrogens (tertiary/aromatic N) is 3. The van der Waals surface area contributed by atoms with Crippen molar-refractivity contribution in [3.05, 3.63) is 77.1 Å². The molecule has 0 bridgehead atoms. The second-order valence-corrected chi connectivity index (χ2v) is 7.94. The minimum Gasteiger partial charge on any atom is -0.486 e. The van der Waals surface area contributed by atoms with Gasteiger partial charge in [-0.3, -0.25) is 4.79 Å². The van der Waals surface area contributed by atoms with Gasteiger partial charge in [0.1, 0.15) is 13.2 Å². The van der Waals surface area contributed by atoms with Crippen LogP contribution in [0.2, 0.25) is 0 Å². The third kappa shape index (κ3) is 3.56. The highest BCUT2D eigenvalue weighted by Gasteiger charge is 2.22. The lowest BCUT2D eigenvalue weighted by atomic mass is 10.1. The van der Waals surface area contributed by atoms with Crippen LogP contribution in [-0.4, -0.2) is 33.9 Å². The number of pyridine rings is 1. The van der Waals surface area contributed by atoms with Crippen LogP contribution in [0.3, 0.4) is 0 Å². The fourth-order valence-electron chi connectivity index (χ4n) is 4.03. The van der Waals surface area contributed by atoms with E-state index in [1.807, 2.05) is 75.4 Å². The SMILES string of the molecule is Cc1cc(C(=O)N[C@@H](C)c2ccc3c(c2)OCCO3)c2c(C)nn(-c3ccccc3)c2n1. The van der Waals surface area contributed by atoms with E-state index < -0.39 is 0 Å². The van der Waals surface area contributed by atoms with Crippen LogP contribution in [-0.2, 0) is 0 Å². The molecule has 32 heavy (non-hydrogen) atoms. The lowest BCUT2D eigenvalue weighted by Gasteiger charge is -2.21. The zero-order valence-corrected chi connectivity index (χ0v) is 18.3. The van der Waals surface area contributed by atoms with Crippen LogP contribution in [0.15, 0.2) is 54.6 Å². The molecule has 0 saturated heterocycles. The second-order valence-electron chi connectivity index (χ2n) is 7.94. The van der Waals surface area contributed by atoms with E-state index in [0.29, 0.717) is 30.2 Å². The summed E-state index contributed by atoms with van der Waals surface area (Å²) in [5, 5.41) is 8.54. The van der Waals surface area contributed by atoms with Gasteiger partial charge in [-0.25, -0.2) is 9.67 Å².